The second-order valence-electron chi connectivity index (χ2n) is 5.90. The fourth-order valence-corrected chi connectivity index (χ4v) is 3.95. The third kappa shape index (κ3) is 4.45. The summed E-state index contributed by atoms with van der Waals surface area (Å²) in [5.74, 6) is -0.397. The molecule has 0 spiro atoms. The molecule has 1 aliphatic heterocycles. The topological polar surface area (TPSA) is 84.9 Å². The number of barbiturate groups is 1. The Balaban J connectivity index is 2.04. The Kier molecular flexibility index (Phi) is 6.58. The molecule has 4 amide bonds. The van der Waals surface area contributed by atoms with Crippen molar-refractivity contribution in [1.82, 2.24) is 5.32 Å². The van der Waals surface area contributed by atoms with Crippen LogP contribution in [-0.2, 0) is 9.59 Å². The van der Waals surface area contributed by atoms with Crippen molar-refractivity contribution in [1.29, 1.82) is 0 Å². The number of rotatable bonds is 5. The van der Waals surface area contributed by atoms with Gasteiger partial charge in [0.15, 0.2) is 11.5 Å². The molecular weight excluding hydrogens is 555 g/mol. The highest BCUT2D eigenvalue weighted by atomic mass is 127. The lowest BCUT2D eigenvalue weighted by Crippen LogP contribution is -2.54. The zero-order valence-corrected chi connectivity index (χ0v) is 19.2. The summed E-state index contributed by atoms with van der Waals surface area (Å²) in [7, 11) is 1.51. The van der Waals surface area contributed by atoms with Crippen LogP contribution in [0.1, 0.15) is 12.5 Å². The van der Waals surface area contributed by atoms with E-state index in [9.17, 15) is 14.4 Å². The van der Waals surface area contributed by atoms with E-state index < -0.39 is 17.8 Å². The molecule has 0 aliphatic carbocycles. The monoisotopic (exact) mass is 570 g/mol. The highest BCUT2D eigenvalue weighted by Gasteiger charge is 2.36. The predicted molar refractivity (Wildman–Crippen MR) is 120 cm³/mol. The molecule has 9 heteroatoms. The number of nitrogens with zero attached hydrogens (tertiary/aromatic N) is 1. The number of hydrogen-bond acceptors (Lipinski definition) is 5. The summed E-state index contributed by atoms with van der Waals surface area (Å²) in [5.41, 5.74) is 0.752. The van der Waals surface area contributed by atoms with Crippen LogP contribution < -0.4 is 19.7 Å². The number of carbonyl (C=O) groups is 3. The van der Waals surface area contributed by atoms with Gasteiger partial charge in [-0.2, -0.15) is 0 Å². The molecule has 1 fully saturated rings. The van der Waals surface area contributed by atoms with Gasteiger partial charge in [-0.1, -0.05) is 22.0 Å². The zero-order chi connectivity index (χ0) is 21.1. The Bertz CT molecular complexity index is 1040. The molecule has 3 rings (SSSR count). The average Bonchev–Trinajstić information content (AvgIpc) is 2.67. The van der Waals surface area contributed by atoms with Crippen LogP contribution >= 0.6 is 38.5 Å². The highest BCUT2D eigenvalue weighted by molar-refractivity contribution is 14.1. The van der Waals surface area contributed by atoms with Crippen LogP contribution in [0.5, 0.6) is 11.5 Å². The number of nitrogens with one attached hydrogen (secondary N) is 1. The number of hydrogen-bond donors (Lipinski definition) is 1. The fourth-order valence-electron chi connectivity index (χ4n) is 2.78. The van der Waals surface area contributed by atoms with Gasteiger partial charge in [0.1, 0.15) is 5.57 Å². The van der Waals surface area contributed by atoms with E-state index >= 15 is 0 Å². The predicted octanol–water partition coefficient (Wildman–Crippen LogP) is 4.13. The first-order chi connectivity index (χ1) is 13.8. The number of benzene rings is 2. The van der Waals surface area contributed by atoms with Crippen LogP contribution in [0.25, 0.3) is 6.08 Å². The van der Waals surface area contributed by atoms with Gasteiger partial charge in [-0.25, -0.2) is 9.69 Å². The van der Waals surface area contributed by atoms with Gasteiger partial charge >= 0.3 is 6.03 Å². The molecule has 0 atom stereocenters. The number of imide groups is 2. The van der Waals surface area contributed by atoms with E-state index in [1.165, 1.54) is 13.2 Å². The van der Waals surface area contributed by atoms with Crippen LogP contribution in [-0.4, -0.2) is 31.6 Å². The fraction of sp³-hybridized carbons (Fsp3) is 0.150. The maximum absolute atomic E-state index is 13.0. The Labute approximate surface area is 189 Å². The Hall–Kier alpha value is -2.40. The van der Waals surface area contributed by atoms with Gasteiger partial charge in [-0.15, -0.1) is 0 Å². The maximum Gasteiger partial charge on any atom is 0.335 e. The second-order valence-corrected chi connectivity index (χ2v) is 7.98. The van der Waals surface area contributed by atoms with Crippen molar-refractivity contribution in [2.24, 2.45) is 0 Å². The second kappa shape index (κ2) is 8.95. The largest absolute Gasteiger partial charge is 0.493 e. The van der Waals surface area contributed by atoms with Crippen molar-refractivity contribution in [2.45, 2.75) is 6.92 Å². The molecular formula is C20H16BrIN2O5. The number of anilines is 1. The number of methoxy groups -OCH3 is 1. The number of halogens is 2. The summed E-state index contributed by atoms with van der Waals surface area (Å²) in [6.45, 7) is 2.33. The van der Waals surface area contributed by atoms with Gasteiger partial charge in [0.2, 0.25) is 0 Å². The Morgan fingerprint density at radius 3 is 2.62 bits per heavy atom. The Morgan fingerprint density at radius 1 is 1.21 bits per heavy atom. The van der Waals surface area contributed by atoms with E-state index in [-0.39, 0.29) is 5.57 Å². The van der Waals surface area contributed by atoms with Crippen molar-refractivity contribution < 1.29 is 23.9 Å². The van der Waals surface area contributed by atoms with E-state index in [2.05, 4.69) is 43.8 Å². The van der Waals surface area contributed by atoms with E-state index in [0.717, 1.165) is 8.47 Å². The molecule has 0 unspecified atom stereocenters. The summed E-state index contributed by atoms with van der Waals surface area (Å²) in [6, 6.07) is 9.33. The van der Waals surface area contributed by atoms with Gasteiger partial charge in [-0.3, -0.25) is 14.9 Å². The molecule has 0 aromatic heterocycles. The van der Waals surface area contributed by atoms with Crippen LogP contribution in [0.15, 0.2) is 46.4 Å². The summed E-state index contributed by atoms with van der Waals surface area (Å²) in [6.07, 6.45) is 1.43. The van der Waals surface area contributed by atoms with Crippen LogP contribution in [0.2, 0.25) is 0 Å². The molecule has 0 radical (unpaired) electrons. The summed E-state index contributed by atoms with van der Waals surface area (Å²) < 4.78 is 12.4. The van der Waals surface area contributed by atoms with Crippen molar-refractivity contribution in [3.63, 3.8) is 0 Å². The molecule has 1 N–H and O–H groups in total. The smallest absolute Gasteiger partial charge is 0.335 e. The van der Waals surface area contributed by atoms with Gasteiger partial charge in [0.05, 0.1) is 23.0 Å². The lowest BCUT2D eigenvalue weighted by molar-refractivity contribution is -0.122. The van der Waals surface area contributed by atoms with Crippen LogP contribution in [0, 0.1) is 3.57 Å². The van der Waals surface area contributed by atoms with Gasteiger partial charge < -0.3 is 9.47 Å². The van der Waals surface area contributed by atoms with Gasteiger partial charge in [0.25, 0.3) is 11.8 Å². The first-order valence-electron chi connectivity index (χ1n) is 8.53. The van der Waals surface area contributed by atoms with E-state index in [1.807, 2.05) is 6.92 Å². The molecule has 1 saturated heterocycles. The lowest BCUT2D eigenvalue weighted by Gasteiger charge is -2.26. The minimum Gasteiger partial charge on any atom is -0.493 e. The standard InChI is InChI=1S/C20H16BrIN2O5/c1-3-29-17-15(22)8-11(9-16(17)28-2)7-14-18(25)23-20(27)24(19(14)26)13-6-4-5-12(21)10-13/h4-10H,3H2,1-2H3,(H,23,25,27)/b14-7-. The van der Waals surface area contributed by atoms with Crippen molar-refractivity contribution in [3.8, 4) is 11.5 Å². The SMILES string of the molecule is CCOc1c(I)cc(/C=C2/C(=O)NC(=O)N(c3cccc(Br)c3)C2=O)cc1OC. The van der Waals surface area contributed by atoms with Crippen LogP contribution in [0.4, 0.5) is 10.5 Å². The van der Waals surface area contributed by atoms with Crippen molar-refractivity contribution >= 4 is 68.1 Å². The molecule has 29 heavy (non-hydrogen) atoms. The summed E-state index contributed by atoms with van der Waals surface area (Å²) in [4.78, 5) is 38.5. The third-order valence-electron chi connectivity index (χ3n) is 4.02. The van der Waals surface area contributed by atoms with Crippen molar-refractivity contribution in [2.75, 3.05) is 18.6 Å². The maximum atomic E-state index is 13.0. The number of amides is 4. The molecule has 0 saturated carbocycles. The van der Waals surface area contributed by atoms with E-state index in [1.54, 1.807) is 36.4 Å². The molecule has 0 bridgehead atoms. The molecule has 2 aromatic carbocycles. The third-order valence-corrected chi connectivity index (χ3v) is 5.31. The van der Waals surface area contributed by atoms with E-state index in [4.69, 9.17) is 9.47 Å². The first kappa shape index (κ1) is 21.3. The Morgan fingerprint density at radius 2 is 1.97 bits per heavy atom. The molecule has 150 valence electrons. The number of urea groups is 1. The van der Waals surface area contributed by atoms with E-state index in [0.29, 0.717) is 33.8 Å². The number of ether oxygens (including phenoxy) is 2. The molecule has 1 aliphatic rings. The first-order valence-corrected chi connectivity index (χ1v) is 10.4. The summed E-state index contributed by atoms with van der Waals surface area (Å²) in [5, 5.41) is 2.21. The zero-order valence-electron chi connectivity index (χ0n) is 15.5. The average molecular weight is 571 g/mol. The summed E-state index contributed by atoms with van der Waals surface area (Å²) >= 11 is 5.41. The molecule has 7 nitrogen and oxygen atoms in total. The quantitative estimate of drug-likeness (QED) is 0.332. The molecule has 2 aromatic rings. The number of carbonyl (C=O) groups excluding carboxylic acids is 3. The normalized spacial score (nSPS) is 15.5. The van der Waals surface area contributed by atoms with Gasteiger partial charge in [0, 0.05) is 4.47 Å². The lowest BCUT2D eigenvalue weighted by atomic mass is 10.1. The van der Waals surface area contributed by atoms with Crippen LogP contribution in [0.3, 0.4) is 0 Å². The minimum absolute atomic E-state index is 0.161. The van der Waals surface area contributed by atoms with Gasteiger partial charge in [-0.05, 0) is 71.5 Å². The highest BCUT2D eigenvalue weighted by Crippen LogP contribution is 2.35. The molecule has 1 heterocycles. The minimum atomic E-state index is -0.797. The van der Waals surface area contributed by atoms with Crippen molar-refractivity contribution in [3.05, 3.63) is 55.6 Å².